The number of H-pyrrole nitrogens is 1. The van der Waals surface area contributed by atoms with E-state index in [2.05, 4.69) is 4.98 Å². The number of nitrogens with zero attached hydrogens (tertiary/aromatic N) is 1. The van der Waals surface area contributed by atoms with E-state index in [1.165, 1.54) is 3.97 Å². The molecule has 0 aliphatic heterocycles. The summed E-state index contributed by atoms with van der Waals surface area (Å²) < 4.78 is 33.4. The Kier molecular flexibility index (Phi) is 4.76. The first kappa shape index (κ1) is 19.0. The number of ether oxygens (including phenoxy) is 1. The number of carbonyl (C=O) groups is 1. The maximum atomic E-state index is 13.4. The van der Waals surface area contributed by atoms with Gasteiger partial charge in [0.25, 0.3) is 10.0 Å². The molecule has 0 saturated heterocycles. The van der Waals surface area contributed by atoms with Crippen LogP contribution in [0.4, 0.5) is 0 Å². The van der Waals surface area contributed by atoms with E-state index in [0.29, 0.717) is 27.9 Å². The van der Waals surface area contributed by atoms with Gasteiger partial charge in [-0.2, -0.15) is 0 Å². The first-order valence-corrected chi connectivity index (χ1v) is 10.7. The highest BCUT2D eigenvalue weighted by Gasteiger charge is 2.27. The number of carbonyl (C=O) groups excluding carboxylic acids is 1. The smallest absolute Gasteiger partial charge is 0.340 e. The quantitative estimate of drug-likeness (QED) is 0.498. The number of aromatic amines is 1. The van der Waals surface area contributed by atoms with E-state index >= 15 is 0 Å². The molecule has 0 spiro atoms. The van der Waals surface area contributed by atoms with Crippen LogP contribution in [0.2, 0.25) is 0 Å². The SMILES string of the molecule is CCOC(=O)c1c[nH]cc1-c1c(C)n(S(=O)(=O)c2ccccc2)c2ccccc12. The fourth-order valence-corrected chi connectivity index (χ4v) is 5.22. The molecule has 0 aliphatic carbocycles. The lowest BCUT2D eigenvalue weighted by Crippen LogP contribution is -2.14. The van der Waals surface area contributed by atoms with Gasteiger partial charge in [0.15, 0.2) is 0 Å². The van der Waals surface area contributed by atoms with Crippen molar-refractivity contribution in [1.82, 2.24) is 8.96 Å². The molecule has 4 aromatic rings. The summed E-state index contributed by atoms with van der Waals surface area (Å²) >= 11 is 0. The first-order chi connectivity index (χ1) is 14.0. The average molecular weight is 408 g/mol. The minimum atomic E-state index is -3.82. The second-order valence-electron chi connectivity index (χ2n) is 6.56. The van der Waals surface area contributed by atoms with Crippen LogP contribution in [0.3, 0.4) is 0 Å². The van der Waals surface area contributed by atoms with Crippen LogP contribution in [0.5, 0.6) is 0 Å². The second-order valence-corrected chi connectivity index (χ2v) is 8.35. The average Bonchev–Trinajstić information content (AvgIpc) is 3.30. The molecule has 0 radical (unpaired) electrons. The first-order valence-electron chi connectivity index (χ1n) is 9.21. The van der Waals surface area contributed by atoms with Gasteiger partial charge in [0.1, 0.15) is 0 Å². The van der Waals surface area contributed by atoms with Gasteiger partial charge in [0.2, 0.25) is 0 Å². The van der Waals surface area contributed by atoms with Crippen LogP contribution in [0.25, 0.3) is 22.0 Å². The number of benzene rings is 2. The molecular weight excluding hydrogens is 388 g/mol. The molecule has 7 heteroatoms. The van der Waals surface area contributed by atoms with Crippen LogP contribution in [-0.2, 0) is 14.8 Å². The Labute approximate surface area is 168 Å². The van der Waals surface area contributed by atoms with Crippen LogP contribution in [-0.4, -0.2) is 30.0 Å². The Morgan fingerprint density at radius 1 is 1.03 bits per heavy atom. The van der Waals surface area contributed by atoms with Gasteiger partial charge in [0.05, 0.1) is 22.6 Å². The molecule has 6 nitrogen and oxygen atoms in total. The molecule has 0 aliphatic rings. The Bertz CT molecular complexity index is 1300. The summed E-state index contributed by atoms with van der Waals surface area (Å²) in [6, 6.07) is 15.6. The van der Waals surface area contributed by atoms with Crippen molar-refractivity contribution in [2.45, 2.75) is 18.7 Å². The Morgan fingerprint density at radius 2 is 1.72 bits per heavy atom. The van der Waals surface area contributed by atoms with Gasteiger partial charge in [-0.25, -0.2) is 17.2 Å². The zero-order valence-corrected chi connectivity index (χ0v) is 16.9. The fraction of sp³-hybridized carbons (Fsp3) is 0.136. The number of aromatic nitrogens is 2. The minimum absolute atomic E-state index is 0.204. The van der Waals surface area contributed by atoms with E-state index in [9.17, 15) is 13.2 Å². The molecule has 0 unspecified atom stereocenters. The molecule has 29 heavy (non-hydrogen) atoms. The van der Waals surface area contributed by atoms with E-state index in [1.807, 2.05) is 12.1 Å². The van der Waals surface area contributed by atoms with Crippen LogP contribution < -0.4 is 0 Å². The summed E-state index contributed by atoms with van der Waals surface area (Å²) in [6.07, 6.45) is 3.27. The predicted octanol–water partition coefficient (Wildman–Crippen LogP) is 4.36. The number of hydrogen-bond donors (Lipinski definition) is 1. The summed E-state index contributed by atoms with van der Waals surface area (Å²) in [7, 11) is -3.82. The molecule has 148 valence electrons. The van der Waals surface area contributed by atoms with Crippen molar-refractivity contribution in [2.24, 2.45) is 0 Å². The molecule has 0 atom stereocenters. The highest BCUT2D eigenvalue weighted by Crippen LogP contribution is 2.38. The molecule has 0 amide bonds. The third kappa shape index (κ3) is 3.03. The van der Waals surface area contributed by atoms with Crippen LogP contribution in [0, 0.1) is 6.92 Å². The third-order valence-corrected chi connectivity index (χ3v) is 6.67. The Balaban J connectivity index is 2.02. The number of hydrogen-bond acceptors (Lipinski definition) is 4. The van der Waals surface area contributed by atoms with Gasteiger partial charge in [-0.3, -0.25) is 0 Å². The maximum absolute atomic E-state index is 13.4. The minimum Gasteiger partial charge on any atom is -0.462 e. The lowest BCUT2D eigenvalue weighted by molar-refractivity contribution is 0.0527. The molecule has 0 bridgehead atoms. The zero-order chi connectivity index (χ0) is 20.6. The highest BCUT2D eigenvalue weighted by atomic mass is 32.2. The van der Waals surface area contributed by atoms with E-state index in [4.69, 9.17) is 4.74 Å². The maximum Gasteiger partial charge on any atom is 0.340 e. The molecule has 1 N–H and O–H groups in total. The number of nitrogens with one attached hydrogen (secondary N) is 1. The monoisotopic (exact) mass is 408 g/mol. The van der Waals surface area contributed by atoms with E-state index in [0.717, 1.165) is 5.39 Å². The van der Waals surface area contributed by atoms with Crippen molar-refractivity contribution in [3.05, 3.63) is 78.2 Å². The molecule has 0 saturated carbocycles. The summed E-state index contributed by atoms with van der Waals surface area (Å²) in [5.74, 6) is -0.453. The van der Waals surface area contributed by atoms with E-state index in [-0.39, 0.29) is 11.5 Å². The summed E-state index contributed by atoms with van der Waals surface area (Å²) in [5, 5.41) is 0.745. The van der Waals surface area contributed by atoms with Crippen LogP contribution >= 0.6 is 0 Å². The van der Waals surface area contributed by atoms with Crippen LogP contribution in [0.15, 0.2) is 71.9 Å². The van der Waals surface area contributed by atoms with Crippen molar-refractivity contribution >= 4 is 26.9 Å². The largest absolute Gasteiger partial charge is 0.462 e. The molecule has 4 rings (SSSR count). The van der Waals surface area contributed by atoms with Gasteiger partial charge in [-0.15, -0.1) is 0 Å². The van der Waals surface area contributed by atoms with Gasteiger partial charge < -0.3 is 9.72 Å². The van der Waals surface area contributed by atoms with Gasteiger partial charge in [-0.1, -0.05) is 36.4 Å². The summed E-state index contributed by atoms with van der Waals surface area (Å²) in [5.41, 5.74) is 2.75. The number of para-hydroxylation sites is 1. The van der Waals surface area contributed by atoms with Crippen molar-refractivity contribution in [3.8, 4) is 11.1 Å². The van der Waals surface area contributed by atoms with Gasteiger partial charge >= 0.3 is 5.97 Å². The van der Waals surface area contributed by atoms with E-state index < -0.39 is 16.0 Å². The van der Waals surface area contributed by atoms with Crippen molar-refractivity contribution in [1.29, 1.82) is 0 Å². The summed E-state index contributed by atoms with van der Waals surface area (Å²) in [6.45, 7) is 3.75. The Hall–Kier alpha value is -3.32. The molecular formula is C22H20N2O4S. The molecule has 2 aromatic heterocycles. The van der Waals surface area contributed by atoms with Gasteiger partial charge in [0, 0.05) is 34.6 Å². The number of rotatable bonds is 5. The van der Waals surface area contributed by atoms with Crippen molar-refractivity contribution in [2.75, 3.05) is 6.61 Å². The Morgan fingerprint density at radius 3 is 2.45 bits per heavy atom. The summed E-state index contributed by atoms with van der Waals surface area (Å²) in [4.78, 5) is 15.6. The number of fused-ring (bicyclic) bond motifs is 1. The number of esters is 1. The fourth-order valence-electron chi connectivity index (χ4n) is 3.64. The molecule has 0 fully saturated rings. The standard InChI is InChI=1S/C22H20N2O4S/c1-3-28-22(25)19-14-23-13-18(19)21-15(2)24(20-12-8-7-11-17(20)21)29(26,27)16-9-5-4-6-10-16/h4-14,23H,3H2,1-2H3. The molecule has 2 heterocycles. The van der Waals surface area contributed by atoms with Crippen molar-refractivity contribution in [3.63, 3.8) is 0 Å². The third-order valence-electron chi connectivity index (χ3n) is 4.85. The lowest BCUT2D eigenvalue weighted by Gasteiger charge is -2.10. The molecule has 2 aromatic carbocycles. The second kappa shape index (κ2) is 7.25. The zero-order valence-electron chi connectivity index (χ0n) is 16.0. The van der Waals surface area contributed by atoms with E-state index in [1.54, 1.807) is 68.7 Å². The van der Waals surface area contributed by atoms with Crippen LogP contribution in [0.1, 0.15) is 23.0 Å². The van der Waals surface area contributed by atoms with Crippen molar-refractivity contribution < 1.29 is 17.9 Å². The normalized spacial score (nSPS) is 11.7. The highest BCUT2D eigenvalue weighted by molar-refractivity contribution is 7.90. The topological polar surface area (TPSA) is 81.2 Å². The van der Waals surface area contributed by atoms with Gasteiger partial charge in [-0.05, 0) is 32.0 Å². The lowest BCUT2D eigenvalue weighted by atomic mass is 10.0. The predicted molar refractivity (Wildman–Crippen MR) is 111 cm³/mol.